The fourth-order valence-corrected chi connectivity index (χ4v) is 5.30. The molecule has 4 N–H and O–H groups in total. The first-order chi connectivity index (χ1) is 17.5. The zero-order valence-electron chi connectivity index (χ0n) is 23.7. The Kier molecular flexibility index (Phi) is 19.0. The first-order valence-corrected chi connectivity index (χ1v) is 15.3. The molecule has 0 aromatic heterocycles. The van der Waals surface area contributed by atoms with Crippen LogP contribution in [0.5, 0.6) is 0 Å². The van der Waals surface area contributed by atoms with Crippen LogP contribution in [0.15, 0.2) is 12.1 Å². The lowest BCUT2D eigenvalue weighted by Gasteiger charge is -2.17. The van der Waals surface area contributed by atoms with Crippen molar-refractivity contribution in [2.24, 2.45) is 11.5 Å². The highest BCUT2D eigenvalue weighted by Crippen LogP contribution is 2.25. The molecule has 1 aromatic carbocycles. The second-order valence-corrected chi connectivity index (χ2v) is 10.7. The Morgan fingerprint density at radius 2 is 0.722 bits per heavy atom. The molecule has 4 nitrogen and oxygen atoms in total. The van der Waals surface area contributed by atoms with E-state index in [9.17, 15) is 9.59 Å². The number of primary amides is 2. The molecule has 4 heteroatoms. The van der Waals surface area contributed by atoms with Gasteiger partial charge in [0.05, 0.1) is 0 Å². The summed E-state index contributed by atoms with van der Waals surface area (Å²) in [6, 6.07) is 3.41. The molecule has 0 aliphatic carbocycles. The fraction of sp³-hybridized carbons (Fsp3) is 0.750. The van der Waals surface area contributed by atoms with Crippen molar-refractivity contribution in [3.8, 4) is 0 Å². The van der Waals surface area contributed by atoms with E-state index in [-0.39, 0.29) is 0 Å². The highest BCUT2D eigenvalue weighted by Gasteiger charge is 2.18. The van der Waals surface area contributed by atoms with Gasteiger partial charge in [0, 0.05) is 11.1 Å². The number of benzene rings is 1. The topological polar surface area (TPSA) is 86.2 Å². The number of carbonyl (C=O) groups is 2. The van der Waals surface area contributed by atoms with Crippen molar-refractivity contribution in [1.29, 1.82) is 0 Å². The summed E-state index contributed by atoms with van der Waals surface area (Å²) in [6.07, 6.45) is 27.0. The standard InChI is InChI=1S/C32H56N2O2/c1-3-5-7-9-11-13-15-17-19-21-23-27-28(30(32(34)36)26-25-29(27)31(33)35)24-22-20-18-16-14-12-10-8-6-4-2/h25-26H,3-24H2,1-2H3,(H2,33,35)(H2,34,36). The SMILES string of the molecule is CCCCCCCCCCCCc1c(C(N)=O)ccc(C(N)=O)c1CCCCCCCCCCCC. The predicted molar refractivity (Wildman–Crippen MR) is 155 cm³/mol. The van der Waals surface area contributed by atoms with Gasteiger partial charge in [-0.05, 0) is 48.9 Å². The van der Waals surface area contributed by atoms with Gasteiger partial charge in [0.2, 0.25) is 11.8 Å². The molecule has 1 rings (SSSR count). The molecule has 0 bridgehead atoms. The Morgan fingerprint density at radius 3 is 0.972 bits per heavy atom. The molecular formula is C32H56N2O2. The van der Waals surface area contributed by atoms with E-state index in [0.29, 0.717) is 11.1 Å². The minimum Gasteiger partial charge on any atom is -0.366 e. The predicted octanol–water partition coefficient (Wildman–Crippen LogP) is 8.81. The summed E-state index contributed by atoms with van der Waals surface area (Å²) >= 11 is 0. The van der Waals surface area contributed by atoms with Crippen molar-refractivity contribution in [2.75, 3.05) is 0 Å². The normalized spacial score (nSPS) is 11.2. The smallest absolute Gasteiger partial charge is 0.248 e. The van der Waals surface area contributed by atoms with Crippen molar-refractivity contribution in [2.45, 2.75) is 155 Å². The molecule has 0 aliphatic heterocycles. The van der Waals surface area contributed by atoms with Crippen LogP contribution in [0.2, 0.25) is 0 Å². The Hall–Kier alpha value is -1.84. The number of carbonyl (C=O) groups excluding carboxylic acids is 2. The van der Waals surface area contributed by atoms with Crippen molar-refractivity contribution in [1.82, 2.24) is 0 Å². The lowest BCUT2D eigenvalue weighted by atomic mass is 9.88. The minimum absolute atomic E-state index is 0.405. The van der Waals surface area contributed by atoms with Gasteiger partial charge in [0.1, 0.15) is 0 Å². The van der Waals surface area contributed by atoms with Gasteiger partial charge < -0.3 is 11.5 Å². The lowest BCUT2D eigenvalue weighted by molar-refractivity contribution is 0.0986. The zero-order valence-corrected chi connectivity index (χ0v) is 23.7. The van der Waals surface area contributed by atoms with E-state index in [1.165, 1.54) is 103 Å². The van der Waals surface area contributed by atoms with E-state index in [4.69, 9.17) is 11.5 Å². The highest BCUT2D eigenvalue weighted by atomic mass is 16.1. The van der Waals surface area contributed by atoms with Crippen LogP contribution in [-0.4, -0.2) is 11.8 Å². The number of amides is 2. The van der Waals surface area contributed by atoms with Gasteiger partial charge in [-0.2, -0.15) is 0 Å². The summed E-state index contributed by atoms with van der Waals surface area (Å²) in [4.78, 5) is 24.4. The van der Waals surface area contributed by atoms with Crippen LogP contribution in [0.3, 0.4) is 0 Å². The van der Waals surface area contributed by atoms with Gasteiger partial charge in [-0.1, -0.05) is 129 Å². The third kappa shape index (κ3) is 14.0. The highest BCUT2D eigenvalue weighted by molar-refractivity contribution is 5.99. The number of nitrogens with two attached hydrogens (primary N) is 2. The summed E-state index contributed by atoms with van der Waals surface area (Å²) in [5.41, 5.74) is 14.5. The van der Waals surface area contributed by atoms with Crippen molar-refractivity contribution in [3.63, 3.8) is 0 Å². The third-order valence-electron chi connectivity index (χ3n) is 7.52. The van der Waals surface area contributed by atoms with Crippen LogP contribution in [0.25, 0.3) is 0 Å². The monoisotopic (exact) mass is 500 g/mol. The summed E-state index contributed by atoms with van der Waals surface area (Å²) in [5.74, 6) is -0.810. The van der Waals surface area contributed by atoms with Crippen molar-refractivity contribution >= 4 is 11.8 Å². The van der Waals surface area contributed by atoms with Crippen LogP contribution >= 0.6 is 0 Å². The van der Waals surface area contributed by atoms with Crippen molar-refractivity contribution in [3.05, 3.63) is 34.4 Å². The molecule has 0 aliphatic rings. The zero-order chi connectivity index (χ0) is 26.4. The van der Waals surface area contributed by atoms with E-state index in [2.05, 4.69) is 13.8 Å². The molecule has 0 heterocycles. The molecule has 1 aromatic rings. The Bertz CT molecular complexity index is 668. The average molecular weight is 501 g/mol. The molecule has 0 saturated carbocycles. The van der Waals surface area contributed by atoms with Crippen LogP contribution in [0, 0.1) is 0 Å². The molecule has 206 valence electrons. The first kappa shape index (κ1) is 32.2. The molecule has 0 spiro atoms. The van der Waals surface area contributed by atoms with Crippen LogP contribution in [-0.2, 0) is 12.8 Å². The molecule has 0 atom stereocenters. The van der Waals surface area contributed by atoms with Gasteiger partial charge >= 0.3 is 0 Å². The molecule has 0 saturated heterocycles. The molecule has 2 amide bonds. The van der Waals surface area contributed by atoms with Crippen LogP contribution < -0.4 is 11.5 Å². The third-order valence-corrected chi connectivity index (χ3v) is 7.52. The number of hydrogen-bond donors (Lipinski definition) is 2. The van der Waals surface area contributed by atoms with Gasteiger partial charge in [-0.25, -0.2) is 0 Å². The van der Waals surface area contributed by atoms with E-state index in [1.54, 1.807) is 12.1 Å². The Balaban J connectivity index is 2.55. The van der Waals surface area contributed by atoms with E-state index in [0.717, 1.165) is 49.7 Å². The number of unbranched alkanes of at least 4 members (excludes halogenated alkanes) is 18. The average Bonchev–Trinajstić information content (AvgIpc) is 2.86. The fourth-order valence-electron chi connectivity index (χ4n) is 5.30. The maximum absolute atomic E-state index is 12.2. The Morgan fingerprint density at radius 1 is 0.472 bits per heavy atom. The molecule has 0 fully saturated rings. The second kappa shape index (κ2) is 21.3. The van der Waals surface area contributed by atoms with Gasteiger partial charge in [0.25, 0.3) is 0 Å². The maximum atomic E-state index is 12.2. The summed E-state index contributed by atoms with van der Waals surface area (Å²) < 4.78 is 0. The van der Waals surface area contributed by atoms with Gasteiger partial charge in [-0.3, -0.25) is 9.59 Å². The largest absolute Gasteiger partial charge is 0.366 e. The summed E-state index contributed by atoms with van der Waals surface area (Å²) in [6.45, 7) is 4.51. The van der Waals surface area contributed by atoms with E-state index >= 15 is 0 Å². The molecule has 0 unspecified atom stereocenters. The summed E-state index contributed by atoms with van der Waals surface area (Å²) in [7, 11) is 0. The number of hydrogen-bond acceptors (Lipinski definition) is 2. The van der Waals surface area contributed by atoms with Gasteiger partial charge in [0.15, 0.2) is 0 Å². The van der Waals surface area contributed by atoms with E-state index in [1.807, 2.05) is 0 Å². The van der Waals surface area contributed by atoms with E-state index < -0.39 is 11.8 Å². The first-order valence-electron chi connectivity index (χ1n) is 15.3. The lowest BCUT2D eigenvalue weighted by Crippen LogP contribution is -2.20. The maximum Gasteiger partial charge on any atom is 0.248 e. The molecule has 36 heavy (non-hydrogen) atoms. The molecule has 0 radical (unpaired) electrons. The quantitative estimate of drug-likeness (QED) is 0.139. The van der Waals surface area contributed by atoms with Gasteiger partial charge in [-0.15, -0.1) is 0 Å². The minimum atomic E-state index is -0.405. The van der Waals surface area contributed by atoms with Crippen molar-refractivity contribution < 1.29 is 9.59 Å². The second-order valence-electron chi connectivity index (χ2n) is 10.7. The summed E-state index contributed by atoms with van der Waals surface area (Å²) in [5, 5.41) is 0. The number of rotatable bonds is 24. The Labute approximate surface area is 222 Å². The molecular weight excluding hydrogens is 444 g/mol. The van der Waals surface area contributed by atoms with Crippen LogP contribution in [0.1, 0.15) is 174 Å². The van der Waals surface area contributed by atoms with Crippen LogP contribution in [0.4, 0.5) is 0 Å².